The predicted octanol–water partition coefficient (Wildman–Crippen LogP) is 3.55. The minimum atomic E-state index is -0.480. The van der Waals surface area contributed by atoms with Gasteiger partial charge in [0.1, 0.15) is 5.75 Å². The Morgan fingerprint density at radius 1 is 1.33 bits per heavy atom. The van der Waals surface area contributed by atoms with Crippen molar-refractivity contribution >= 4 is 5.69 Å². The van der Waals surface area contributed by atoms with E-state index in [0.29, 0.717) is 23.4 Å². The molecule has 0 fully saturated rings. The van der Waals surface area contributed by atoms with Gasteiger partial charge in [0.15, 0.2) is 11.6 Å². The Morgan fingerprint density at radius 2 is 2.10 bits per heavy atom. The van der Waals surface area contributed by atoms with Gasteiger partial charge in [-0.05, 0) is 31.7 Å². The van der Waals surface area contributed by atoms with Crippen LogP contribution in [0.4, 0.5) is 10.1 Å². The van der Waals surface area contributed by atoms with Gasteiger partial charge in [0, 0.05) is 24.2 Å². The first kappa shape index (κ1) is 14.9. The minimum absolute atomic E-state index is 0.0242. The number of rotatable bonds is 5. The summed E-state index contributed by atoms with van der Waals surface area (Å²) in [5.41, 5.74) is 1.22. The van der Waals surface area contributed by atoms with Gasteiger partial charge in [0.05, 0.1) is 4.92 Å². The summed E-state index contributed by atoms with van der Waals surface area (Å²) >= 11 is 0. The molecule has 5 nitrogen and oxygen atoms in total. The van der Waals surface area contributed by atoms with E-state index in [4.69, 9.17) is 4.74 Å². The number of para-hydroxylation sites is 1. The van der Waals surface area contributed by atoms with Gasteiger partial charge in [0.2, 0.25) is 0 Å². The van der Waals surface area contributed by atoms with Crippen LogP contribution in [0.3, 0.4) is 0 Å². The van der Waals surface area contributed by atoms with E-state index in [1.54, 1.807) is 26.1 Å². The van der Waals surface area contributed by atoms with Crippen LogP contribution in [0.15, 0.2) is 36.4 Å². The Labute approximate surface area is 121 Å². The number of hydrogen-bond donors (Lipinski definition) is 1. The molecule has 0 atom stereocenters. The number of nitrogens with zero attached hydrogens (tertiary/aromatic N) is 1. The second-order valence-corrected chi connectivity index (χ2v) is 4.57. The molecule has 2 aromatic rings. The van der Waals surface area contributed by atoms with Gasteiger partial charge in [-0.2, -0.15) is 0 Å². The highest BCUT2D eigenvalue weighted by Crippen LogP contribution is 2.32. The maximum absolute atomic E-state index is 13.9. The van der Waals surface area contributed by atoms with Gasteiger partial charge in [-0.3, -0.25) is 10.1 Å². The maximum Gasteiger partial charge on any atom is 0.269 e. The summed E-state index contributed by atoms with van der Waals surface area (Å²) < 4.78 is 19.6. The van der Waals surface area contributed by atoms with Gasteiger partial charge in [-0.15, -0.1) is 0 Å². The summed E-state index contributed by atoms with van der Waals surface area (Å²) in [6, 6.07) is 8.89. The molecule has 1 N–H and O–H groups in total. The van der Waals surface area contributed by atoms with Crippen LogP contribution >= 0.6 is 0 Å². The molecule has 0 saturated heterocycles. The number of ether oxygens (including phenoxy) is 1. The van der Waals surface area contributed by atoms with E-state index in [9.17, 15) is 14.5 Å². The Morgan fingerprint density at radius 3 is 2.71 bits per heavy atom. The van der Waals surface area contributed by atoms with Crippen molar-refractivity contribution in [2.45, 2.75) is 13.5 Å². The van der Waals surface area contributed by atoms with Gasteiger partial charge in [0.25, 0.3) is 5.69 Å². The summed E-state index contributed by atoms with van der Waals surface area (Å²) in [5.74, 6) is 0.0485. The minimum Gasteiger partial charge on any atom is -0.454 e. The van der Waals surface area contributed by atoms with E-state index >= 15 is 0 Å². The molecule has 21 heavy (non-hydrogen) atoms. The smallest absolute Gasteiger partial charge is 0.269 e. The van der Waals surface area contributed by atoms with E-state index in [2.05, 4.69) is 5.32 Å². The summed E-state index contributed by atoms with van der Waals surface area (Å²) in [4.78, 5) is 10.2. The van der Waals surface area contributed by atoms with Gasteiger partial charge in [-0.1, -0.05) is 12.1 Å². The third-order valence-corrected chi connectivity index (χ3v) is 3.00. The lowest BCUT2D eigenvalue weighted by molar-refractivity contribution is -0.384. The molecule has 0 aliphatic rings. The van der Waals surface area contributed by atoms with Crippen molar-refractivity contribution in [2.75, 3.05) is 7.05 Å². The highest BCUT2D eigenvalue weighted by atomic mass is 19.1. The molecular formula is C15H15FN2O3. The molecule has 6 heteroatoms. The molecule has 0 bridgehead atoms. The molecule has 0 unspecified atom stereocenters. The van der Waals surface area contributed by atoms with E-state index in [-0.39, 0.29) is 11.4 Å². The summed E-state index contributed by atoms with van der Waals surface area (Å²) in [6.45, 7) is 2.14. The quantitative estimate of drug-likeness (QED) is 0.675. The summed E-state index contributed by atoms with van der Waals surface area (Å²) in [6.07, 6.45) is 0. The van der Waals surface area contributed by atoms with Crippen molar-refractivity contribution in [1.82, 2.24) is 5.32 Å². The van der Waals surface area contributed by atoms with E-state index < -0.39 is 10.7 Å². The average molecular weight is 290 g/mol. The zero-order valence-corrected chi connectivity index (χ0v) is 11.7. The Kier molecular flexibility index (Phi) is 4.49. The number of hydrogen-bond acceptors (Lipinski definition) is 4. The van der Waals surface area contributed by atoms with Crippen LogP contribution in [-0.4, -0.2) is 12.0 Å². The lowest BCUT2D eigenvalue weighted by atomic mass is 10.1. The predicted molar refractivity (Wildman–Crippen MR) is 77.1 cm³/mol. The molecule has 0 radical (unpaired) electrons. The number of non-ortho nitro benzene ring substituents is 1. The molecule has 0 heterocycles. The van der Waals surface area contributed by atoms with Crippen molar-refractivity contribution in [3.63, 3.8) is 0 Å². The summed E-state index contributed by atoms with van der Waals surface area (Å²) in [7, 11) is 1.76. The van der Waals surface area contributed by atoms with E-state index in [1.165, 1.54) is 24.3 Å². The number of nitrogens with one attached hydrogen (secondary N) is 1. The molecule has 2 aromatic carbocycles. The zero-order valence-electron chi connectivity index (χ0n) is 11.7. The van der Waals surface area contributed by atoms with Crippen LogP contribution in [0.5, 0.6) is 11.5 Å². The van der Waals surface area contributed by atoms with Crippen LogP contribution in [-0.2, 0) is 6.54 Å². The van der Waals surface area contributed by atoms with Gasteiger partial charge < -0.3 is 10.1 Å². The number of benzene rings is 2. The molecule has 0 aliphatic carbocycles. The molecule has 0 spiro atoms. The Hall–Kier alpha value is -2.47. The number of aryl methyl sites for hydroxylation is 1. The first-order valence-electron chi connectivity index (χ1n) is 6.38. The topological polar surface area (TPSA) is 64.4 Å². The van der Waals surface area contributed by atoms with Crippen molar-refractivity contribution in [2.24, 2.45) is 0 Å². The maximum atomic E-state index is 13.9. The molecular weight excluding hydrogens is 275 g/mol. The highest BCUT2D eigenvalue weighted by Gasteiger charge is 2.14. The number of nitro groups is 1. The fourth-order valence-electron chi connectivity index (χ4n) is 1.97. The van der Waals surface area contributed by atoms with Crippen molar-refractivity contribution in [3.8, 4) is 11.5 Å². The molecule has 2 rings (SSSR count). The molecule has 0 aliphatic heterocycles. The monoisotopic (exact) mass is 290 g/mol. The second kappa shape index (κ2) is 6.32. The third kappa shape index (κ3) is 3.35. The second-order valence-electron chi connectivity index (χ2n) is 4.57. The number of nitro benzene ring substituents is 1. The van der Waals surface area contributed by atoms with Crippen LogP contribution in [0.1, 0.15) is 11.1 Å². The third-order valence-electron chi connectivity index (χ3n) is 3.00. The van der Waals surface area contributed by atoms with E-state index in [1.807, 2.05) is 0 Å². The Balaban J connectivity index is 2.36. The van der Waals surface area contributed by atoms with Crippen LogP contribution in [0.2, 0.25) is 0 Å². The van der Waals surface area contributed by atoms with Crippen molar-refractivity contribution in [3.05, 3.63) is 63.5 Å². The lowest BCUT2D eigenvalue weighted by Crippen LogP contribution is -2.07. The van der Waals surface area contributed by atoms with Crippen molar-refractivity contribution < 1.29 is 14.1 Å². The fraction of sp³-hybridized carbons (Fsp3) is 0.200. The van der Waals surface area contributed by atoms with E-state index in [0.717, 1.165) is 0 Å². The average Bonchev–Trinajstić information content (AvgIpc) is 2.44. The lowest BCUT2D eigenvalue weighted by Gasteiger charge is -2.13. The molecule has 0 aromatic heterocycles. The van der Waals surface area contributed by atoms with Gasteiger partial charge in [-0.25, -0.2) is 4.39 Å². The fourth-order valence-corrected chi connectivity index (χ4v) is 1.97. The first-order chi connectivity index (χ1) is 10.0. The highest BCUT2D eigenvalue weighted by molar-refractivity contribution is 5.46. The first-order valence-corrected chi connectivity index (χ1v) is 6.38. The van der Waals surface area contributed by atoms with Crippen LogP contribution < -0.4 is 10.1 Å². The molecule has 0 saturated carbocycles. The SMILES string of the molecule is CNCc1cccc(F)c1Oc1ccc([N+](=O)[O-])cc1C. The Bertz CT molecular complexity index is 674. The number of halogens is 1. The van der Waals surface area contributed by atoms with Gasteiger partial charge >= 0.3 is 0 Å². The van der Waals surface area contributed by atoms with Crippen molar-refractivity contribution in [1.29, 1.82) is 0 Å². The summed E-state index contributed by atoms with van der Waals surface area (Å²) in [5, 5.41) is 13.7. The normalized spacial score (nSPS) is 10.4. The van der Waals surface area contributed by atoms with Crippen LogP contribution in [0, 0.1) is 22.9 Å². The molecule has 110 valence electrons. The molecule has 0 amide bonds. The van der Waals surface area contributed by atoms with Crippen LogP contribution in [0.25, 0.3) is 0 Å². The largest absolute Gasteiger partial charge is 0.454 e. The standard InChI is InChI=1S/C15H15FN2O3/c1-10-8-12(18(19)20)6-7-14(10)21-15-11(9-17-2)4-3-5-13(15)16/h3-8,17H,9H2,1-2H3. The zero-order chi connectivity index (χ0) is 15.4.